The Labute approximate surface area is 216 Å². The molecule has 7 nitrogen and oxygen atoms in total. The van der Waals surface area contributed by atoms with Crippen molar-refractivity contribution in [2.75, 3.05) is 20.8 Å². The molecule has 2 amide bonds. The number of ether oxygens (including phenoxy) is 3. The van der Waals surface area contributed by atoms with Crippen molar-refractivity contribution < 1.29 is 23.8 Å². The largest absolute Gasteiger partial charge is 0.496 e. The first-order chi connectivity index (χ1) is 16.8. The summed E-state index contributed by atoms with van der Waals surface area (Å²) in [6.45, 7) is 1.58. The van der Waals surface area contributed by atoms with Crippen LogP contribution in [0.3, 0.4) is 0 Å². The third-order valence-corrected chi connectivity index (χ3v) is 6.75. The third-order valence-electron chi connectivity index (χ3n) is 6.16. The second kappa shape index (κ2) is 12.9. The van der Waals surface area contributed by atoms with Gasteiger partial charge in [-0.25, -0.2) is 0 Å². The van der Waals surface area contributed by atoms with Crippen LogP contribution in [0, 0.1) is 0 Å². The topological polar surface area (TPSA) is 77.1 Å². The second-order valence-corrected chi connectivity index (χ2v) is 9.46. The van der Waals surface area contributed by atoms with Gasteiger partial charge in [-0.05, 0) is 37.5 Å². The van der Waals surface area contributed by atoms with Crippen LogP contribution in [0.25, 0.3) is 0 Å². The summed E-state index contributed by atoms with van der Waals surface area (Å²) in [5.41, 5.74) is 0.685. The number of carbonyl (C=O) groups excluding carboxylic acids is 2. The number of carbonyl (C=O) groups is 2. The molecule has 2 aromatic carbocycles. The molecule has 35 heavy (non-hydrogen) atoms. The summed E-state index contributed by atoms with van der Waals surface area (Å²) in [5.74, 6) is 0.939. The molecule has 3 rings (SSSR count). The van der Waals surface area contributed by atoms with Gasteiger partial charge in [0.25, 0.3) is 5.91 Å². The number of nitrogens with zero attached hydrogens (tertiary/aromatic N) is 1. The number of hydrogen-bond donors (Lipinski definition) is 1. The summed E-state index contributed by atoms with van der Waals surface area (Å²) in [6.07, 6.45) is 5.29. The maximum Gasteiger partial charge on any atom is 0.261 e. The summed E-state index contributed by atoms with van der Waals surface area (Å²) < 4.78 is 16.3. The fourth-order valence-corrected chi connectivity index (χ4v) is 4.55. The first kappa shape index (κ1) is 27.0. The molecule has 1 fully saturated rings. The van der Waals surface area contributed by atoms with Gasteiger partial charge in [-0.1, -0.05) is 48.5 Å². The highest BCUT2D eigenvalue weighted by atomic mass is 35.5. The van der Waals surface area contributed by atoms with Gasteiger partial charge in [0.05, 0.1) is 14.2 Å². The van der Waals surface area contributed by atoms with E-state index in [0.29, 0.717) is 32.9 Å². The fourth-order valence-electron chi connectivity index (χ4n) is 4.08. The van der Waals surface area contributed by atoms with Crippen LogP contribution in [-0.4, -0.2) is 49.6 Å². The number of hydrogen-bond acceptors (Lipinski definition) is 5. The van der Waals surface area contributed by atoms with Gasteiger partial charge in [0.2, 0.25) is 5.91 Å². The zero-order chi connectivity index (χ0) is 25.4. The average Bonchev–Trinajstić information content (AvgIpc) is 2.86. The van der Waals surface area contributed by atoms with Gasteiger partial charge in [0.15, 0.2) is 6.61 Å². The highest BCUT2D eigenvalue weighted by Crippen LogP contribution is 2.28. The smallest absolute Gasteiger partial charge is 0.261 e. The highest BCUT2D eigenvalue weighted by molar-refractivity contribution is 6.35. The Bertz CT molecular complexity index is 1000. The maximum absolute atomic E-state index is 13.3. The summed E-state index contributed by atoms with van der Waals surface area (Å²) >= 11 is 12.4. The standard InChI is InChI=1S/C26H32Cl2N2O5/c1-17(26(32)29-20-7-5-4-6-8-20)30(15-18-9-10-19(27)11-24(18)28)25(31)16-35-23-13-21(33-2)12-22(14-23)34-3/h9-14,17,20H,4-8,15-16H2,1-3H3,(H,29,32)/t17-/m1/s1. The zero-order valence-corrected chi connectivity index (χ0v) is 21.8. The van der Waals surface area contributed by atoms with Gasteiger partial charge in [-0.3, -0.25) is 9.59 Å². The van der Waals surface area contributed by atoms with Gasteiger partial charge in [-0.2, -0.15) is 0 Å². The highest BCUT2D eigenvalue weighted by Gasteiger charge is 2.29. The quantitative estimate of drug-likeness (QED) is 0.460. The maximum atomic E-state index is 13.3. The van der Waals surface area contributed by atoms with Crippen molar-refractivity contribution in [3.05, 3.63) is 52.0 Å². The lowest BCUT2D eigenvalue weighted by Gasteiger charge is -2.31. The van der Waals surface area contributed by atoms with E-state index in [2.05, 4.69) is 5.32 Å². The number of nitrogens with one attached hydrogen (secondary N) is 1. The molecule has 2 aromatic rings. The van der Waals surface area contributed by atoms with Gasteiger partial charge >= 0.3 is 0 Å². The molecule has 0 aromatic heterocycles. The van der Waals surface area contributed by atoms with Crippen molar-refractivity contribution >= 4 is 35.0 Å². The first-order valence-electron chi connectivity index (χ1n) is 11.7. The van der Waals surface area contributed by atoms with Gasteiger partial charge in [-0.15, -0.1) is 0 Å². The van der Waals surface area contributed by atoms with E-state index in [1.165, 1.54) is 25.5 Å². The van der Waals surface area contributed by atoms with E-state index in [1.54, 1.807) is 43.3 Å². The fraction of sp³-hybridized carbons (Fsp3) is 0.462. The Balaban J connectivity index is 1.76. The second-order valence-electron chi connectivity index (χ2n) is 8.61. The van der Waals surface area contributed by atoms with Crippen molar-refractivity contribution in [1.29, 1.82) is 0 Å². The van der Waals surface area contributed by atoms with E-state index in [-0.39, 0.29) is 31.0 Å². The van der Waals surface area contributed by atoms with Crippen molar-refractivity contribution in [3.63, 3.8) is 0 Å². The molecule has 0 radical (unpaired) electrons. The Morgan fingerprint density at radius 1 is 1.00 bits per heavy atom. The molecule has 190 valence electrons. The van der Waals surface area contributed by atoms with Crippen LogP contribution < -0.4 is 19.5 Å². The zero-order valence-electron chi connectivity index (χ0n) is 20.3. The van der Waals surface area contributed by atoms with Crippen LogP contribution in [0.5, 0.6) is 17.2 Å². The average molecular weight is 523 g/mol. The monoisotopic (exact) mass is 522 g/mol. The van der Waals surface area contributed by atoms with Crippen LogP contribution in [0.4, 0.5) is 0 Å². The number of methoxy groups -OCH3 is 2. The minimum absolute atomic E-state index is 0.135. The normalized spacial score (nSPS) is 14.7. The lowest BCUT2D eigenvalue weighted by Crippen LogP contribution is -2.51. The molecular weight excluding hydrogens is 491 g/mol. The molecule has 1 aliphatic carbocycles. The van der Waals surface area contributed by atoms with Crippen molar-refractivity contribution in [1.82, 2.24) is 10.2 Å². The van der Waals surface area contributed by atoms with Crippen LogP contribution in [0.1, 0.15) is 44.6 Å². The van der Waals surface area contributed by atoms with Gasteiger partial charge in [0.1, 0.15) is 23.3 Å². The molecule has 0 heterocycles. The molecule has 0 spiro atoms. The molecule has 1 aliphatic rings. The first-order valence-corrected chi connectivity index (χ1v) is 12.5. The lowest BCUT2D eigenvalue weighted by atomic mass is 9.95. The number of rotatable bonds is 10. The molecule has 0 bridgehead atoms. The van der Waals surface area contributed by atoms with Crippen LogP contribution >= 0.6 is 23.2 Å². The van der Waals surface area contributed by atoms with Gasteiger partial charge in [0, 0.05) is 40.8 Å². The predicted molar refractivity (Wildman–Crippen MR) is 137 cm³/mol. The molecule has 1 atom stereocenters. The van der Waals surface area contributed by atoms with Gasteiger partial charge < -0.3 is 24.4 Å². The number of halogens is 2. The Hall–Kier alpha value is -2.64. The molecule has 0 saturated heterocycles. The van der Waals surface area contributed by atoms with E-state index in [0.717, 1.165) is 25.7 Å². The summed E-state index contributed by atoms with van der Waals surface area (Å²) in [7, 11) is 3.07. The summed E-state index contributed by atoms with van der Waals surface area (Å²) in [4.78, 5) is 27.9. The van der Waals surface area contributed by atoms with E-state index in [9.17, 15) is 9.59 Å². The predicted octanol–water partition coefficient (Wildman–Crippen LogP) is 5.26. The van der Waals surface area contributed by atoms with E-state index in [4.69, 9.17) is 37.4 Å². The van der Waals surface area contributed by atoms with E-state index in [1.807, 2.05) is 0 Å². The van der Waals surface area contributed by atoms with Crippen molar-refractivity contribution in [2.24, 2.45) is 0 Å². The minimum Gasteiger partial charge on any atom is -0.496 e. The Morgan fingerprint density at radius 2 is 1.63 bits per heavy atom. The summed E-state index contributed by atoms with van der Waals surface area (Å²) in [5, 5.41) is 4.03. The van der Waals surface area contributed by atoms with Crippen LogP contribution in [0.15, 0.2) is 36.4 Å². The summed E-state index contributed by atoms with van der Waals surface area (Å²) in [6, 6.07) is 9.52. The van der Waals surface area contributed by atoms with Crippen LogP contribution in [0.2, 0.25) is 10.0 Å². The van der Waals surface area contributed by atoms with Crippen LogP contribution in [-0.2, 0) is 16.1 Å². The Morgan fingerprint density at radius 3 is 2.23 bits per heavy atom. The molecule has 1 N–H and O–H groups in total. The molecule has 0 aliphatic heterocycles. The third kappa shape index (κ3) is 7.67. The van der Waals surface area contributed by atoms with E-state index >= 15 is 0 Å². The number of amides is 2. The Kier molecular flexibility index (Phi) is 9.93. The molecular formula is C26H32Cl2N2O5. The molecule has 9 heteroatoms. The molecule has 1 saturated carbocycles. The molecule has 0 unspecified atom stereocenters. The van der Waals surface area contributed by atoms with E-state index < -0.39 is 6.04 Å². The lowest BCUT2D eigenvalue weighted by molar-refractivity contribution is -0.142. The van der Waals surface area contributed by atoms with Crippen molar-refractivity contribution in [3.8, 4) is 17.2 Å². The van der Waals surface area contributed by atoms with Crippen molar-refractivity contribution in [2.45, 2.75) is 57.7 Å². The SMILES string of the molecule is COc1cc(OC)cc(OCC(=O)N(Cc2ccc(Cl)cc2Cl)[C@H](C)C(=O)NC2CCCCC2)c1. The number of benzene rings is 2. The minimum atomic E-state index is -0.723.